The maximum Gasteiger partial charge on any atom is 0.231 e. The molecular formula is C18H14N4O3S. The summed E-state index contributed by atoms with van der Waals surface area (Å²) < 4.78 is 12.6. The standard InChI is InChI=1S/C18H14N4O3S/c23-13-4-1-11(2-5-13)7-17-19-20-18-22(17)21-14(9-26-18)12-3-6-15-16(8-12)25-10-24-15/h1-6,8,23H,7,9-10H2. The molecule has 0 saturated heterocycles. The molecule has 130 valence electrons. The lowest BCUT2D eigenvalue weighted by atomic mass is 10.1. The van der Waals surface area contributed by atoms with Crippen LogP contribution in [-0.2, 0) is 6.42 Å². The van der Waals surface area contributed by atoms with E-state index in [-0.39, 0.29) is 12.5 Å². The molecule has 1 N–H and O–H groups in total. The van der Waals surface area contributed by atoms with Gasteiger partial charge in [0.1, 0.15) is 5.75 Å². The van der Waals surface area contributed by atoms with Crippen molar-refractivity contribution >= 4 is 17.5 Å². The molecule has 0 bridgehead atoms. The maximum absolute atomic E-state index is 9.42. The molecule has 0 aliphatic carbocycles. The van der Waals surface area contributed by atoms with E-state index in [0.717, 1.165) is 45.1 Å². The molecule has 7 nitrogen and oxygen atoms in total. The van der Waals surface area contributed by atoms with Gasteiger partial charge in [0.25, 0.3) is 0 Å². The van der Waals surface area contributed by atoms with Crippen molar-refractivity contribution in [2.75, 3.05) is 12.5 Å². The van der Waals surface area contributed by atoms with E-state index in [1.807, 2.05) is 30.3 Å². The molecule has 0 unspecified atom stereocenters. The number of phenolic OH excluding ortho intramolecular Hbond substituents is 1. The fourth-order valence-corrected chi connectivity index (χ4v) is 3.75. The highest BCUT2D eigenvalue weighted by Gasteiger charge is 2.22. The number of benzene rings is 2. The highest BCUT2D eigenvalue weighted by atomic mass is 32.2. The second kappa shape index (κ2) is 6.06. The first-order valence-electron chi connectivity index (χ1n) is 8.09. The summed E-state index contributed by atoms with van der Waals surface area (Å²) in [5.74, 6) is 3.23. The van der Waals surface area contributed by atoms with Crippen molar-refractivity contribution in [3.63, 3.8) is 0 Å². The minimum atomic E-state index is 0.246. The largest absolute Gasteiger partial charge is 0.508 e. The molecule has 0 amide bonds. The minimum Gasteiger partial charge on any atom is -0.508 e. The Balaban J connectivity index is 1.48. The van der Waals surface area contributed by atoms with E-state index in [1.165, 1.54) is 0 Å². The summed E-state index contributed by atoms with van der Waals surface area (Å²) in [4.78, 5) is 0. The Labute approximate surface area is 153 Å². The highest BCUT2D eigenvalue weighted by Crippen LogP contribution is 2.34. The topological polar surface area (TPSA) is 81.8 Å². The Bertz CT molecular complexity index is 1010. The van der Waals surface area contributed by atoms with Gasteiger partial charge < -0.3 is 14.6 Å². The molecule has 0 radical (unpaired) electrons. The van der Waals surface area contributed by atoms with E-state index in [4.69, 9.17) is 14.6 Å². The first-order valence-corrected chi connectivity index (χ1v) is 9.08. The lowest BCUT2D eigenvalue weighted by Crippen LogP contribution is -2.14. The molecule has 0 atom stereocenters. The van der Waals surface area contributed by atoms with E-state index in [9.17, 15) is 5.11 Å². The van der Waals surface area contributed by atoms with Crippen molar-refractivity contribution in [2.45, 2.75) is 11.6 Å². The van der Waals surface area contributed by atoms with Crippen LogP contribution in [0.15, 0.2) is 52.7 Å². The molecule has 2 aliphatic rings. The van der Waals surface area contributed by atoms with Gasteiger partial charge in [-0.2, -0.15) is 9.78 Å². The van der Waals surface area contributed by atoms with Crippen molar-refractivity contribution < 1.29 is 14.6 Å². The molecule has 26 heavy (non-hydrogen) atoms. The van der Waals surface area contributed by atoms with Gasteiger partial charge in [0, 0.05) is 17.7 Å². The average molecular weight is 366 g/mol. The first kappa shape index (κ1) is 15.3. The number of ether oxygens (including phenoxy) is 2. The Kier molecular flexibility index (Phi) is 3.56. The first-order chi connectivity index (χ1) is 12.8. The third kappa shape index (κ3) is 2.68. The Morgan fingerprint density at radius 1 is 1.04 bits per heavy atom. The van der Waals surface area contributed by atoms with Gasteiger partial charge in [-0.15, -0.1) is 10.2 Å². The molecule has 8 heteroatoms. The zero-order valence-corrected chi connectivity index (χ0v) is 14.4. The lowest BCUT2D eigenvalue weighted by molar-refractivity contribution is 0.174. The third-order valence-corrected chi connectivity index (χ3v) is 5.17. The van der Waals surface area contributed by atoms with Crippen LogP contribution in [0.25, 0.3) is 0 Å². The molecule has 3 heterocycles. The molecular weight excluding hydrogens is 352 g/mol. The van der Waals surface area contributed by atoms with Crippen LogP contribution in [0.2, 0.25) is 0 Å². The molecule has 2 aliphatic heterocycles. The van der Waals surface area contributed by atoms with Crippen molar-refractivity contribution in [3.05, 3.63) is 59.4 Å². The number of rotatable bonds is 3. The number of thioether (sulfide) groups is 1. The number of fused-ring (bicyclic) bond motifs is 2. The summed E-state index contributed by atoms with van der Waals surface area (Å²) in [7, 11) is 0. The van der Waals surface area contributed by atoms with E-state index >= 15 is 0 Å². The normalized spacial score (nSPS) is 14.8. The van der Waals surface area contributed by atoms with Crippen LogP contribution in [0.4, 0.5) is 0 Å². The van der Waals surface area contributed by atoms with Crippen LogP contribution >= 0.6 is 11.8 Å². The quantitative estimate of drug-likeness (QED) is 0.767. The summed E-state index contributed by atoms with van der Waals surface area (Å²) >= 11 is 1.61. The van der Waals surface area contributed by atoms with Crippen molar-refractivity contribution in [1.29, 1.82) is 0 Å². The van der Waals surface area contributed by atoms with Crippen molar-refractivity contribution in [1.82, 2.24) is 14.9 Å². The molecule has 1 aromatic heterocycles. The van der Waals surface area contributed by atoms with Gasteiger partial charge in [0.2, 0.25) is 11.9 Å². The average Bonchev–Trinajstić information content (AvgIpc) is 3.29. The summed E-state index contributed by atoms with van der Waals surface area (Å²) in [5, 5.41) is 23.5. The summed E-state index contributed by atoms with van der Waals surface area (Å²) in [5.41, 5.74) is 2.97. The number of aromatic nitrogens is 3. The predicted octanol–water partition coefficient (Wildman–Crippen LogP) is 2.66. The molecule has 0 fully saturated rings. The van der Waals surface area contributed by atoms with Crippen LogP contribution in [0.5, 0.6) is 17.2 Å². The van der Waals surface area contributed by atoms with E-state index in [0.29, 0.717) is 6.42 Å². The third-order valence-electron chi connectivity index (χ3n) is 4.24. The van der Waals surface area contributed by atoms with Crippen LogP contribution in [0, 0.1) is 0 Å². The number of phenols is 1. The second-order valence-electron chi connectivity index (χ2n) is 5.96. The van der Waals surface area contributed by atoms with Crippen LogP contribution in [0.1, 0.15) is 17.0 Å². The van der Waals surface area contributed by atoms with Crippen molar-refractivity contribution in [3.8, 4) is 17.2 Å². The fraction of sp³-hybridized carbons (Fsp3) is 0.167. The Hall–Kier alpha value is -3.00. The Morgan fingerprint density at radius 3 is 2.77 bits per heavy atom. The van der Waals surface area contributed by atoms with E-state index < -0.39 is 0 Å². The fourth-order valence-electron chi connectivity index (χ4n) is 2.89. The molecule has 3 aromatic rings. The van der Waals surface area contributed by atoms with Gasteiger partial charge in [-0.1, -0.05) is 23.9 Å². The monoisotopic (exact) mass is 366 g/mol. The molecule has 5 rings (SSSR count). The molecule has 0 spiro atoms. The number of aromatic hydroxyl groups is 1. The van der Waals surface area contributed by atoms with E-state index in [1.54, 1.807) is 28.6 Å². The van der Waals surface area contributed by atoms with Crippen LogP contribution in [-0.4, -0.2) is 38.2 Å². The SMILES string of the molecule is Oc1ccc(Cc2nnc3n2N=C(c2ccc4c(c2)OCO4)CS3)cc1. The van der Waals surface area contributed by atoms with Crippen LogP contribution < -0.4 is 9.47 Å². The molecule has 0 saturated carbocycles. The summed E-state index contributed by atoms with van der Waals surface area (Å²) in [6.45, 7) is 0.256. The van der Waals surface area contributed by atoms with Gasteiger partial charge >= 0.3 is 0 Å². The highest BCUT2D eigenvalue weighted by molar-refractivity contribution is 7.99. The zero-order valence-electron chi connectivity index (χ0n) is 13.6. The smallest absolute Gasteiger partial charge is 0.231 e. The summed E-state index contributed by atoms with van der Waals surface area (Å²) in [6, 6.07) is 12.9. The van der Waals surface area contributed by atoms with Crippen LogP contribution in [0.3, 0.4) is 0 Å². The second-order valence-corrected chi connectivity index (χ2v) is 6.90. The van der Waals surface area contributed by atoms with Gasteiger partial charge in [-0.25, -0.2) is 0 Å². The lowest BCUT2D eigenvalue weighted by Gasteiger charge is -2.14. The molecule has 2 aromatic carbocycles. The van der Waals surface area contributed by atoms with Gasteiger partial charge in [0.05, 0.1) is 5.71 Å². The van der Waals surface area contributed by atoms with Gasteiger partial charge in [0.15, 0.2) is 17.3 Å². The minimum absolute atomic E-state index is 0.246. The predicted molar refractivity (Wildman–Crippen MR) is 96.2 cm³/mol. The number of hydrogen-bond donors (Lipinski definition) is 1. The Morgan fingerprint density at radius 2 is 1.88 bits per heavy atom. The van der Waals surface area contributed by atoms with Crippen molar-refractivity contribution in [2.24, 2.45) is 5.10 Å². The summed E-state index contributed by atoms with van der Waals surface area (Å²) in [6.07, 6.45) is 0.589. The number of nitrogens with zero attached hydrogens (tertiary/aromatic N) is 4. The van der Waals surface area contributed by atoms with Gasteiger partial charge in [-0.3, -0.25) is 0 Å². The maximum atomic E-state index is 9.42. The van der Waals surface area contributed by atoms with E-state index in [2.05, 4.69) is 10.2 Å². The zero-order chi connectivity index (χ0) is 17.5. The number of hydrogen-bond acceptors (Lipinski definition) is 7. The van der Waals surface area contributed by atoms with Gasteiger partial charge in [-0.05, 0) is 35.9 Å².